The van der Waals surface area contributed by atoms with Gasteiger partial charge in [0, 0.05) is 23.6 Å². The Morgan fingerprint density at radius 2 is 1.54 bits per heavy atom. The topological polar surface area (TPSA) is 147 Å². The molecule has 6 atom stereocenters. The van der Waals surface area contributed by atoms with Gasteiger partial charge in [-0.15, -0.1) is 23.2 Å². The molecule has 0 aromatic heterocycles. The number of hydrogen-bond acceptors (Lipinski definition) is 8. The summed E-state index contributed by atoms with van der Waals surface area (Å²) in [5, 5.41) is 20.7. The highest BCUT2D eigenvalue weighted by Gasteiger charge is 2.77. The first-order chi connectivity index (χ1) is 22.9. The fraction of sp³-hybridized carbons (Fsp3) is 0.294. The molecule has 4 aliphatic rings. The van der Waals surface area contributed by atoms with Crippen molar-refractivity contribution in [1.29, 1.82) is 0 Å². The number of carbonyl (C=O) groups excluding carboxylic acids is 4. The Labute approximate surface area is 282 Å². The molecule has 48 heavy (non-hydrogen) atoms. The molecule has 3 fully saturated rings. The van der Waals surface area contributed by atoms with Gasteiger partial charge in [-0.3, -0.25) is 34.2 Å². The monoisotopic (exact) mass is 693 g/mol. The zero-order chi connectivity index (χ0) is 34.1. The Morgan fingerprint density at radius 3 is 2.21 bits per heavy atom. The van der Waals surface area contributed by atoms with E-state index in [1.165, 1.54) is 36.4 Å². The van der Waals surface area contributed by atoms with Crippen molar-refractivity contribution in [3.8, 4) is 5.75 Å². The summed E-state index contributed by atoms with van der Waals surface area (Å²) in [7, 11) is 0. The molecule has 7 rings (SSSR count). The van der Waals surface area contributed by atoms with E-state index in [0.717, 1.165) is 21.9 Å². The molecular weight excluding hydrogens is 668 g/mol. The van der Waals surface area contributed by atoms with Crippen LogP contribution in [0.25, 0.3) is 0 Å². The van der Waals surface area contributed by atoms with E-state index in [2.05, 4.69) is 0 Å². The number of fused-ring (bicyclic) bond motifs is 4. The quantitative estimate of drug-likeness (QED) is 0.121. The number of nitrogens with zero attached hydrogens (tertiary/aromatic N) is 3. The number of aliphatic hydroxyl groups excluding tert-OH is 1. The summed E-state index contributed by atoms with van der Waals surface area (Å²) >= 11 is 14.8. The first kappa shape index (κ1) is 31.9. The van der Waals surface area contributed by atoms with E-state index >= 15 is 0 Å². The minimum Gasteiger partial charge on any atom is -0.491 e. The summed E-state index contributed by atoms with van der Waals surface area (Å²) in [4.78, 5) is 65.1. The lowest BCUT2D eigenvalue weighted by molar-refractivity contribution is -0.384. The van der Waals surface area contributed by atoms with Gasteiger partial charge in [0.05, 0.1) is 34.7 Å². The number of imide groups is 2. The van der Waals surface area contributed by atoms with E-state index in [-0.39, 0.29) is 48.9 Å². The maximum atomic E-state index is 14.5. The number of hydrogen-bond donors (Lipinski definition) is 1. The lowest BCUT2D eigenvalue weighted by atomic mass is 9.56. The van der Waals surface area contributed by atoms with Gasteiger partial charge in [-0.25, -0.2) is 9.29 Å². The normalized spacial score (nSPS) is 29.4. The van der Waals surface area contributed by atoms with Crippen LogP contribution < -0.4 is 14.5 Å². The molecule has 6 unspecified atom stereocenters. The van der Waals surface area contributed by atoms with Gasteiger partial charge in [-0.2, -0.15) is 0 Å². The molecule has 0 bridgehead atoms. The Kier molecular flexibility index (Phi) is 7.65. The Balaban J connectivity index is 1.38. The number of amides is 4. The van der Waals surface area contributed by atoms with Crippen molar-refractivity contribution >= 4 is 63.9 Å². The number of rotatable bonds is 7. The second-order valence-electron chi connectivity index (χ2n) is 12.1. The number of aliphatic hydroxyl groups is 1. The van der Waals surface area contributed by atoms with Gasteiger partial charge in [-0.05, 0) is 61.2 Å². The van der Waals surface area contributed by atoms with Gasteiger partial charge < -0.3 is 9.84 Å². The van der Waals surface area contributed by atoms with Crippen molar-refractivity contribution < 1.29 is 38.3 Å². The highest BCUT2D eigenvalue weighted by molar-refractivity contribution is 6.58. The molecular formula is C34H26Cl2FN3O8. The number of alkyl halides is 2. The predicted molar refractivity (Wildman–Crippen MR) is 171 cm³/mol. The highest BCUT2D eigenvalue weighted by Crippen LogP contribution is 2.66. The second kappa shape index (κ2) is 11.5. The summed E-state index contributed by atoms with van der Waals surface area (Å²) in [5.74, 6) is -6.93. The van der Waals surface area contributed by atoms with E-state index in [4.69, 9.17) is 27.9 Å². The average molecular weight is 694 g/mol. The first-order valence-electron chi connectivity index (χ1n) is 15.1. The zero-order valence-electron chi connectivity index (χ0n) is 24.9. The molecule has 2 saturated heterocycles. The fourth-order valence-corrected chi connectivity index (χ4v) is 8.65. The van der Waals surface area contributed by atoms with Crippen LogP contribution in [0.3, 0.4) is 0 Å². The van der Waals surface area contributed by atoms with Gasteiger partial charge in [0.15, 0.2) is 9.75 Å². The van der Waals surface area contributed by atoms with Crippen LogP contribution in [0.2, 0.25) is 0 Å². The lowest BCUT2D eigenvalue weighted by Gasteiger charge is -2.50. The molecule has 1 saturated carbocycles. The predicted octanol–water partition coefficient (Wildman–Crippen LogP) is 4.87. The van der Waals surface area contributed by atoms with Gasteiger partial charge in [0.2, 0.25) is 11.8 Å². The van der Waals surface area contributed by atoms with Gasteiger partial charge >= 0.3 is 0 Å². The third-order valence-electron chi connectivity index (χ3n) is 9.79. The molecule has 0 radical (unpaired) electrons. The maximum Gasteiger partial charge on any atom is 0.269 e. The minimum absolute atomic E-state index is 0.0516. The summed E-state index contributed by atoms with van der Waals surface area (Å²) in [6.45, 7) is -0.408. The number of nitro benzene ring substituents is 1. The van der Waals surface area contributed by atoms with Crippen LogP contribution in [0, 0.1) is 33.7 Å². The first-order valence-corrected chi connectivity index (χ1v) is 15.9. The number of nitro groups is 1. The van der Waals surface area contributed by atoms with Crippen LogP contribution in [0.5, 0.6) is 5.75 Å². The number of halogens is 3. The average Bonchev–Trinajstić information content (AvgIpc) is 3.42. The molecule has 2 aliphatic carbocycles. The molecule has 3 aromatic carbocycles. The zero-order valence-corrected chi connectivity index (χ0v) is 26.4. The standard InChI is InChI=1S/C34H26Cl2FN3O8/c35-33-17-25-22(13-14-24-27(25)30(43)38(29(24)42)19-9-11-21(12-10-19)40(46)47)28(23-3-1-2-4-26(23)48-16-15-41)34(33,36)32(45)39(31(33)44)20-7-5-18(37)6-8-20/h1-13,24-25,27-28,41H,14-17H2. The fourth-order valence-electron chi connectivity index (χ4n) is 7.73. The van der Waals surface area contributed by atoms with Crippen LogP contribution in [-0.2, 0) is 19.2 Å². The van der Waals surface area contributed by atoms with Gasteiger partial charge in [0.1, 0.15) is 18.2 Å². The molecule has 1 N–H and O–H groups in total. The molecule has 2 aliphatic heterocycles. The van der Waals surface area contributed by atoms with Crippen LogP contribution in [0.1, 0.15) is 24.3 Å². The number of benzene rings is 3. The molecule has 246 valence electrons. The Hall–Kier alpha value is -4.65. The molecule has 11 nitrogen and oxygen atoms in total. The molecule has 4 amide bonds. The number of anilines is 2. The Bertz CT molecular complexity index is 1920. The third-order valence-corrected chi connectivity index (χ3v) is 11.2. The van der Waals surface area contributed by atoms with Crippen LogP contribution in [-0.4, -0.2) is 56.6 Å². The maximum absolute atomic E-state index is 14.5. The minimum atomic E-state index is -2.16. The van der Waals surface area contributed by atoms with E-state index < -0.39 is 67.8 Å². The van der Waals surface area contributed by atoms with Gasteiger partial charge in [-0.1, -0.05) is 29.8 Å². The molecule has 0 spiro atoms. The van der Waals surface area contributed by atoms with Gasteiger partial charge in [0.25, 0.3) is 17.5 Å². The van der Waals surface area contributed by atoms with E-state index in [1.807, 2.05) is 0 Å². The number of ether oxygens (including phenoxy) is 1. The van der Waals surface area contributed by atoms with E-state index in [0.29, 0.717) is 11.1 Å². The summed E-state index contributed by atoms with van der Waals surface area (Å²) in [6, 6.07) is 16.4. The molecule has 3 aromatic rings. The Morgan fingerprint density at radius 1 is 0.896 bits per heavy atom. The smallest absolute Gasteiger partial charge is 0.269 e. The number of para-hydroxylation sites is 1. The summed E-state index contributed by atoms with van der Waals surface area (Å²) in [6.07, 6.45) is 1.59. The number of non-ortho nitro benzene ring substituents is 1. The van der Waals surface area contributed by atoms with Crippen molar-refractivity contribution in [3.63, 3.8) is 0 Å². The van der Waals surface area contributed by atoms with Crippen molar-refractivity contribution in [2.24, 2.45) is 17.8 Å². The lowest BCUT2D eigenvalue weighted by Crippen LogP contribution is -2.60. The van der Waals surface area contributed by atoms with Crippen molar-refractivity contribution in [3.05, 3.63) is 106 Å². The highest BCUT2D eigenvalue weighted by atomic mass is 35.5. The number of allylic oxidation sites excluding steroid dienone is 2. The van der Waals surface area contributed by atoms with Crippen molar-refractivity contribution in [2.75, 3.05) is 23.0 Å². The summed E-state index contributed by atoms with van der Waals surface area (Å²) in [5.41, 5.74) is 0.899. The third kappa shape index (κ3) is 4.42. The van der Waals surface area contributed by atoms with Crippen LogP contribution >= 0.6 is 23.2 Å². The largest absolute Gasteiger partial charge is 0.491 e. The van der Waals surface area contributed by atoms with Crippen LogP contribution in [0.15, 0.2) is 84.4 Å². The second-order valence-corrected chi connectivity index (χ2v) is 13.4. The number of carbonyl (C=O) groups is 4. The van der Waals surface area contributed by atoms with Crippen molar-refractivity contribution in [2.45, 2.75) is 28.5 Å². The van der Waals surface area contributed by atoms with Crippen molar-refractivity contribution in [1.82, 2.24) is 0 Å². The molecule has 2 heterocycles. The van der Waals surface area contributed by atoms with E-state index in [9.17, 15) is 38.8 Å². The summed E-state index contributed by atoms with van der Waals surface area (Å²) < 4.78 is 19.7. The molecule has 14 heteroatoms. The van der Waals surface area contributed by atoms with Crippen LogP contribution in [0.4, 0.5) is 21.5 Å². The van der Waals surface area contributed by atoms with E-state index in [1.54, 1.807) is 30.3 Å². The SMILES string of the molecule is O=C1C2CC=C3C(CC4(Cl)C(=O)N(c5ccc(F)cc5)C(=O)C4(Cl)C3c3ccccc3OCCO)C2C(=O)N1c1ccc([N+](=O)[O-])cc1.